The van der Waals surface area contributed by atoms with Crippen LogP contribution in [0.3, 0.4) is 0 Å². The predicted octanol–water partition coefficient (Wildman–Crippen LogP) is 8.75. The molecule has 0 bridgehead atoms. The molecule has 1 saturated carbocycles. The third-order valence-electron chi connectivity index (χ3n) is 9.83. The number of benzene rings is 4. The highest BCUT2D eigenvalue weighted by molar-refractivity contribution is 6.00. The van der Waals surface area contributed by atoms with Crippen LogP contribution >= 0.6 is 0 Å². The number of ether oxygens (including phenoxy) is 3. The van der Waals surface area contributed by atoms with Crippen LogP contribution in [0.5, 0.6) is 23.0 Å². The van der Waals surface area contributed by atoms with Crippen molar-refractivity contribution in [3.8, 4) is 23.0 Å². The van der Waals surface area contributed by atoms with Gasteiger partial charge in [-0.05, 0) is 78.9 Å². The molecule has 4 aromatic rings. The van der Waals surface area contributed by atoms with Crippen LogP contribution in [0.2, 0.25) is 0 Å². The average Bonchev–Trinajstić information content (AvgIpc) is 3.18. The molecule has 0 saturated heterocycles. The molecule has 4 atom stereocenters. The van der Waals surface area contributed by atoms with Crippen LogP contribution in [0, 0.1) is 23.7 Å². The van der Waals surface area contributed by atoms with Crippen molar-refractivity contribution < 1.29 is 38.5 Å². The van der Waals surface area contributed by atoms with E-state index >= 15 is 0 Å². The second kappa shape index (κ2) is 20.2. The first kappa shape index (κ1) is 40.5. The molecular weight excluding hydrogens is 697 g/mol. The second-order valence-corrected chi connectivity index (χ2v) is 14.0. The van der Waals surface area contributed by atoms with Gasteiger partial charge in [-0.25, -0.2) is 0 Å². The van der Waals surface area contributed by atoms with E-state index in [4.69, 9.17) is 14.2 Å². The Balaban J connectivity index is 1.39. The zero-order valence-electron chi connectivity index (χ0n) is 32.0. The highest BCUT2D eigenvalue weighted by Crippen LogP contribution is 2.49. The van der Waals surface area contributed by atoms with Crippen molar-refractivity contribution in [2.24, 2.45) is 23.7 Å². The minimum atomic E-state index is -1.40. The summed E-state index contributed by atoms with van der Waals surface area (Å²) in [5, 5.41) is 10.5. The van der Waals surface area contributed by atoms with Crippen molar-refractivity contribution in [3.63, 3.8) is 0 Å². The quantitative estimate of drug-likeness (QED) is 0.0704. The third-order valence-corrected chi connectivity index (χ3v) is 9.83. The molecule has 4 aromatic carbocycles. The molecule has 1 aliphatic carbocycles. The van der Waals surface area contributed by atoms with Gasteiger partial charge in [0.25, 0.3) is 0 Å². The normalized spacial score (nSPS) is 17.4. The van der Waals surface area contributed by atoms with Crippen molar-refractivity contribution in [2.45, 2.75) is 66.0 Å². The van der Waals surface area contributed by atoms with E-state index < -0.39 is 47.4 Å². The maximum Gasteiger partial charge on any atom is 0.310 e. The molecule has 0 aliphatic heterocycles. The molecular formula is C45H52N2O8. The monoisotopic (exact) mass is 748 g/mol. The number of carbonyl (C=O) groups is 4. The summed E-state index contributed by atoms with van der Waals surface area (Å²) in [6, 6.07) is 33.6. The highest BCUT2D eigenvalue weighted by atomic mass is 16.5. The molecule has 0 heterocycles. The van der Waals surface area contributed by atoms with Crippen LogP contribution in [0.25, 0.3) is 0 Å². The van der Waals surface area contributed by atoms with Crippen molar-refractivity contribution in [3.05, 3.63) is 120 Å². The molecule has 10 heteroatoms. The number of nitrogens with zero attached hydrogens (tertiary/aromatic N) is 2. The lowest BCUT2D eigenvalue weighted by Crippen LogP contribution is -2.64. The minimum absolute atomic E-state index is 0.122. The van der Waals surface area contributed by atoms with Gasteiger partial charge in [0.15, 0.2) is 0 Å². The summed E-state index contributed by atoms with van der Waals surface area (Å²) in [5.41, 5.74) is 1.64. The van der Waals surface area contributed by atoms with Gasteiger partial charge >= 0.3 is 11.9 Å². The van der Waals surface area contributed by atoms with Gasteiger partial charge in [-0.15, -0.1) is 0 Å². The molecule has 5 rings (SSSR count). The van der Waals surface area contributed by atoms with E-state index in [-0.39, 0.29) is 19.7 Å². The fourth-order valence-corrected chi connectivity index (χ4v) is 7.10. The van der Waals surface area contributed by atoms with Crippen molar-refractivity contribution >= 4 is 23.8 Å². The first-order chi connectivity index (χ1) is 26.7. The number of aliphatic carboxylic acids is 1. The molecule has 1 aliphatic rings. The van der Waals surface area contributed by atoms with Crippen LogP contribution in [-0.4, -0.2) is 58.4 Å². The van der Waals surface area contributed by atoms with E-state index in [2.05, 4.69) is 0 Å². The van der Waals surface area contributed by atoms with Crippen LogP contribution in [0.1, 0.15) is 64.0 Å². The molecule has 290 valence electrons. The number of esters is 1. The molecule has 0 radical (unpaired) electrons. The maximum atomic E-state index is 14.6. The zero-order chi connectivity index (χ0) is 39.2. The van der Waals surface area contributed by atoms with Gasteiger partial charge in [0, 0.05) is 26.2 Å². The Morgan fingerprint density at radius 1 is 0.527 bits per heavy atom. The smallest absolute Gasteiger partial charge is 0.310 e. The largest absolute Gasteiger partial charge is 0.481 e. The molecule has 4 unspecified atom stereocenters. The Morgan fingerprint density at radius 3 is 1.35 bits per heavy atom. The number of hydrogen-bond donors (Lipinski definition) is 1. The van der Waals surface area contributed by atoms with Crippen molar-refractivity contribution in [1.29, 1.82) is 0 Å². The summed E-state index contributed by atoms with van der Waals surface area (Å²) in [5.74, 6) is -5.42. The number of carboxylic acids is 1. The Morgan fingerprint density at radius 2 is 0.945 bits per heavy atom. The average molecular weight is 749 g/mol. The number of carbonyl (C=O) groups excluding carboxylic acids is 3. The van der Waals surface area contributed by atoms with E-state index in [1.54, 1.807) is 9.80 Å². The Hall–Kier alpha value is -5.64. The molecule has 1 fully saturated rings. The highest BCUT2D eigenvalue weighted by Gasteiger charge is 2.65. The van der Waals surface area contributed by atoms with Gasteiger partial charge < -0.3 is 29.1 Å². The Labute approximate surface area is 324 Å². The van der Waals surface area contributed by atoms with Crippen molar-refractivity contribution in [1.82, 2.24) is 9.80 Å². The zero-order valence-corrected chi connectivity index (χ0v) is 32.0. The van der Waals surface area contributed by atoms with E-state index in [0.717, 1.165) is 24.0 Å². The van der Waals surface area contributed by atoms with E-state index in [1.807, 2.05) is 130 Å². The van der Waals surface area contributed by atoms with Gasteiger partial charge in [-0.2, -0.15) is 0 Å². The summed E-state index contributed by atoms with van der Waals surface area (Å²) < 4.78 is 17.5. The molecule has 1 N–H and O–H groups in total. The molecule has 0 spiro atoms. The van der Waals surface area contributed by atoms with Crippen molar-refractivity contribution in [2.75, 3.05) is 19.7 Å². The number of para-hydroxylation sites is 2. The molecule has 55 heavy (non-hydrogen) atoms. The van der Waals surface area contributed by atoms with E-state index in [1.165, 1.54) is 0 Å². The fraction of sp³-hybridized carbons (Fsp3) is 0.378. The van der Waals surface area contributed by atoms with Crippen LogP contribution < -0.4 is 9.47 Å². The Bertz CT molecular complexity index is 1830. The van der Waals surface area contributed by atoms with E-state index in [0.29, 0.717) is 55.4 Å². The number of rotatable bonds is 20. The number of unbranched alkanes of at least 4 members (excludes halogenated alkanes) is 2. The summed E-state index contributed by atoms with van der Waals surface area (Å²) >= 11 is 0. The van der Waals surface area contributed by atoms with Gasteiger partial charge in [0.1, 0.15) is 23.0 Å². The minimum Gasteiger partial charge on any atom is -0.481 e. The maximum absolute atomic E-state index is 14.6. The lowest BCUT2D eigenvalue weighted by Gasteiger charge is -2.49. The SMILES string of the molecule is CCCCCOC(=O)C1C(C(=O)O)C(C(=O)N(CCC)Cc2ccc(Oc3ccccc3)cc2)C1C(=O)N(CCC)Cc1ccc(Oc2ccccc2)cc1. The topological polar surface area (TPSA) is 123 Å². The molecule has 2 amide bonds. The Kier molecular flexibility index (Phi) is 14.9. The fourth-order valence-electron chi connectivity index (χ4n) is 7.10. The lowest BCUT2D eigenvalue weighted by atomic mass is 9.55. The van der Waals surface area contributed by atoms with Gasteiger partial charge in [-0.1, -0.05) is 94.3 Å². The lowest BCUT2D eigenvalue weighted by molar-refractivity contribution is -0.190. The van der Waals surface area contributed by atoms with Crippen LogP contribution in [0.15, 0.2) is 109 Å². The number of hydrogen-bond acceptors (Lipinski definition) is 7. The summed E-state index contributed by atoms with van der Waals surface area (Å²) in [6.45, 7) is 7.13. The third kappa shape index (κ3) is 10.7. The second-order valence-electron chi connectivity index (χ2n) is 14.0. The number of amides is 2. The van der Waals surface area contributed by atoms with Gasteiger partial charge in [0.2, 0.25) is 11.8 Å². The summed E-state index contributed by atoms with van der Waals surface area (Å²) in [6.07, 6.45) is 3.61. The van der Waals surface area contributed by atoms with Gasteiger partial charge in [-0.3, -0.25) is 19.2 Å². The molecule has 10 nitrogen and oxygen atoms in total. The molecule has 0 aromatic heterocycles. The van der Waals surface area contributed by atoms with Crippen LogP contribution in [0.4, 0.5) is 0 Å². The van der Waals surface area contributed by atoms with Crippen LogP contribution in [-0.2, 0) is 37.0 Å². The van der Waals surface area contributed by atoms with Gasteiger partial charge in [0.05, 0.1) is 30.3 Å². The summed E-state index contributed by atoms with van der Waals surface area (Å²) in [7, 11) is 0. The summed E-state index contributed by atoms with van der Waals surface area (Å²) in [4.78, 5) is 59.0. The standard InChI is InChI=1S/C45H52N2O8/c1-4-7-14-29-53-45(52)41-39(43(49)47(28-6-3)31-33-21-25-37(26-22-33)55-35-17-12-9-13-18-35)38(40(41)44(50)51)42(48)46(27-5-2)30-32-19-23-36(24-20-32)54-34-15-10-8-11-16-34/h8-13,15-26,38-41H,4-7,14,27-31H2,1-3H3,(H,50,51). The number of carboxylic acid groups (broad SMARTS) is 1. The first-order valence-electron chi connectivity index (χ1n) is 19.3. The first-order valence-corrected chi connectivity index (χ1v) is 19.3. The predicted molar refractivity (Wildman–Crippen MR) is 209 cm³/mol. The van der Waals surface area contributed by atoms with E-state index in [9.17, 15) is 24.3 Å².